The number of rotatable bonds is 9. The maximum Gasteiger partial charge on any atom is 0.224 e. The van der Waals surface area contributed by atoms with E-state index in [0.29, 0.717) is 11.9 Å². The topological polar surface area (TPSA) is 70.1 Å². The van der Waals surface area contributed by atoms with Gasteiger partial charge in [-0.05, 0) is 41.1 Å². The van der Waals surface area contributed by atoms with Crippen LogP contribution in [0.3, 0.4) is 0 Å². The molecule has 3 N–H and O–H groups in total. The lowest BCUT2D eigenvalue weighted by molar-refractivity contribution is 0.229. The SMILES string of the molecule is CCCNc1ncc(Br)c(NCCCC(C)CO)n1. The third-order valence-corrected chi connectivity index (χ3v) is 3.34. The molecule has 0 aromatic carbocycles. The maximum absolute atomic E-state index is 8.96. The quantitative estimate of drug-likeness (QED) is 0.607. The summed E-state index contributed by atoms with van der Waals surface area (Å²) in [6.07, 6.45) is 4.81. The van der Waals surface area contributed by atoms with Crippen LogP contribution in [0.1, 0.15) is 33.1 Å². The fourth-order valence-electron chi connectivity index (χ4n) is 1.56. The van der Waals surface area contributed by atoms with E-state index in [1.54, 1.807) is 6.20 Å². The molecule has 0 fully saturated rings. The first-order chi connectivity index (χ1) is 9.17. The summed E-state index contributed by atoms with van der Waals surface area (Å²) in [5.74, 6) is 1.82. The third-order valence-electron chi connectivity index (χ3n) is 2.76. The zero-order chi connectivity index (χ0) is 14.1. The summed E-state index contributed by atoms with van der Waals surface area (Å²) in [4.78, 5) is 8.62. The minimum absolute atomic E-state index is 0.252. The predicted octanol–water partition coefficient (Wildman–Crippen LogP) is 2.88. The largest absolute Gasteiger partial charge is 0.396 e. The Labute approximate surface area is 123 Å². The molecule has 19 heavy (non-hydrogen) atoms. The van der Waals surface area contributed by atoms with Crippen molar-refractivity contribution in [2.24, 2.45) is 5.92 Å². The second kappa shape index (κ2) is 9.09. The molecule has 1 heterocycles. The molecule has 1 aromatic rings. The number of aromatic nitrogens is 2. The average molecular weight is 331 g/mol. The molecule has 1 aromatic heterocycles. The van der Waals surface area contributed by atoms with Crippen molar-refractivity contribution < 1.29 is 5.11 Å². The van der Waals surface area contributed by atoms with E-state index in [0.717, 1.165) is 42.6 Å². The summed E-state index contributed by atoms with van der Waals surface area (Å²) in [6.45, 7) is 6.12. The molecule has 0 aliphatic heterocycles. The maximum atomic E-state index is 8.96. The first-order valence-electron chi connectivity index (χ1n) is 6.78. The minimum Gasteiger partial charge on any atom is -0.396 e. The van der Waals surface area contributed by atoms with Gasteiger partial charge in [0.2, 0.25) is 5.95 Å². The second-order valence-electron chi connectivity index (χ2n) is 4.67. The van der Waals surface area contributed by atoms with Crippen molar-refractivity contribution >= 4 is 27.7 Å². The van der Waals surface area contributed by atoms with Crippen LogP contribution in [-0.4, -0.2) is 34.8 Å². The Hall–Kier alpha value is -0.880. The van der Waals surface area contributed by atoms with Crippen molar-refractivity contribution in [3.63, 3.8) is 0 Å². The van der Waals surface area contributed by atoms with E-state index in [1.165, 1.54) is 0 Å². The van der Waals surface area contributed by atoms with Crippen LogP contribution in [0.5, 0.6) is 0 Å². The highest BCUT2D eigenvalue weighted by Gasteiger charge is 2.05. The number of nitrogens with one attached hydrogen (secondary N) is 2. The van der Waals surface area contributed by atoms with E-state index in [-0.39, 0.29) is 6.61 Å². The zero-order valence-electron chi connectivity index (χ0n) is 11.6. The van der Waals surface area contributed by atoms with Gasteiger partial charge < -0.3 is 15.7 Å². The van der Waals surface area contributed by atoms with Crippen molar-refractivity contribution in [3.8, 4) is 0 Å². The summed E-state index contributed by atoms with van der Waals surface area (Å²) < 4.78 is 0.866. The molecule has 0 saturated carbocycles. The van der Waals surface area contributed by atoms with E-state index in [2.05, 4.69) is 43.5 Å². The summed E-state index contributed by atoms with van der Waals surface area (Å²) >= 11 is 3.44. The second-order valence-corrected chi connectivity index (χ2v) is 5.53. The number of aliphatic hydroxyl groups excluding tert-OH is 1. The normalized spacial score (nSPS) is 12.2. The molecule has 1 unspecified atom stereocenters. The Kier molecular flexibility index (Phi) is 7.74. The Bertz CT molecular complexity index is 376. The van der Waals surface area contributed by atoms with E-state index in [1.807, 2.05) is 6.92 Å². The number of anilines is 2. The van der Waals surface area contributed by atoms with Gasteiger partial charge in [0, 0.05) is 25.9 Å². The summed E-state index contributed by atoms with van der Waals surface area (Å²) in [6, 6.07) is 0. The smallest absolute Gasteiger partial charge is 0.224 e. The summed E-state index contributed by atoms with van der Waals surface area (Å²) in [5.41, 5.74) is 0. The monoisotopic (exact) mass is 330 g/mol. The molecule has 5 nitrogen and oxygen atoms in total. The van der Waals surface area contributed by atoms with Gasteiger partial charge in [0.25, 0.3) is 0 Å². The Morgan fingerprint density at radius 2 is 2.16 bits per heavy atom. The summed E-state index contributed by atoms with van der Waals surface area (Å²) in [5, 5.41) is 15.4. The van der Waals surface area contributed by atoms with Crippen molar-refractivity contribution in [3.05, 3.63) is 10.7 Å². The lowest BCUT2D eigenvalue weighted by atomic mass is 10.1. The number of aliphatic hydroxyl groups is 1. The van der Waals surface area contributed by atoms with Crippen LogP contribution < -0.4 is 10.6 Å². The molecular formula is C13H23BrN4O. The molecule has 0 bridgehead atoms. The Morgan fingerprint density at radius 3 is 2.84 bits per heavy atom. The highest BCUT2D eigenvalue weighted by Crippen LogP contribution is 2.20. The fraction of sp³-hybridized carbons (Fsp3) is 0.692. The molecule has 0 saturated heterocycles. The average Bonchev–Trinajstić information content (AvgIpc) is 2.43. The van der Waals surface area contributed by atoms with Gasteiger partial charge in [0.05, 0.1) is 4.47 Å². The van der Waals surface area contributed by atoms with E-state index in [4.69, 9.17) is 5.11 Å². The highest BCUT2D eigenvalue weighted by molar-refractivity contribution is 9.10. The highest BCUT2D eigenvalue weighted by atomic mass is 79.9. The Balaban J connectivity index is 2.43. The van der Waals surface area contributed by atoms with Crippen LogP contribution in [0.25, 0.3) is 0 Å². The molecule has 108 valence electrons. The van der Waals surface area contributed by atoms with E-state index in [9.17, 15) is 0 Å². The van der Waals surface area contributed by atoms with Crippen LogP contribution in [0.2, 0.25) is 0 Å². The number of nitrogens with zero attached hydrogens (tertiary/aromatic N) is 2. The number of halogens is 1. The van der Waals surface area contributed by atoms with Gasteiger partial charge in [0.15, 0.2) is 0 Å². The van der Waals surface area contributed by atoms with Crippen molar-refractivity contribution in [1.29, 1.82) is 0 Å². The minimum atomic E-state index is 0.252. The molecule has 1 rings (SSSR count). The third kappa shape index (κ3) is 6.20. The van der Waals surface area contributed by atoms with Crippen LogP contribution in [-0.2, 0) is 0 Å². The van der Waals surface area contributed by atoms with Gasteiger partial charge in [-0.1, -0.05) is 13.8 Å². The first kappa shape index (κ1) is 16.2. The predicted molar refractivity (Wildman–Crippen MR) is 82.5 cm³/mol. The van der Waals surface area contributed by atoms with Crippen molar-refractivity contribution in [2.75, 3.05) is 30.3 Å². The number of hydrogen-bond acceptors (Lipinski definition) is 5. The van der Waals surface area contributed by atoms with Gasteiger partial charge in [-0.15, -0.1) is 0 Å². The molecule has 0 amide bonds. The lowest BCUT2D eigenvalue weighted by Crippen LogP contribution is -2.10. The standard InChI is InChI=1S/C13H23BrN4O/c1-3-6-16-13-17-8-11(14)12(18-13)15-7-4-5-10(2)9-19/h8,10,19H,3-7,9H2,1-2H3,(H2,15,16,17,18). The summed E-state index contributed by atoms with van der Waals surface area (Å²) in [7, 11) is 0. The first-order valence-corrected chi connectivity index (χ1v) is 7.57. The molecular weight excluding hydrogens is 308 g/mol. The number of hydrogen-bond donors (Lipinski definition) is 3. The van der Waals surface area contributed by atoms with Gasteiger partial charge in [-0.2, -0.15) is 4.98 Å². The van der Waals surface area contributed by atoms with Crippen LogP contribution in [0, 0.1) is 5.92 Å². The van der Waals surface area contributed by atoms with Gasteiger partial charge in [-0.25, -0.2) is 4.98 Å². The molecule has 0 spiro atoms. The molecule has 0 aliphatic carbocycles. The van der Waals surface area contributed by atoms with Crippen molar-refractivity contribution in [2.45, 2.75) is 33.1 Å². The van der Waals surface area contributed by atoms with Gasteiger partial charge in [-0.3, -0.25) is 0 Å². The van der Waals surface area contributed by atoms with Crippen LogP contribution >= 0.6 is 15.9 Å². The van der Waals surface area contributed by atoms with E-state index < -0.39 is 0 Å². The van der Waals surface area contributed by atoms with Gasteiger partial charge >= 0.3 is 0 Å². The Morgan fingerprint density at radius 1 is 1.37 bits per heavy atom. The fourth-order valence-corrected chi connectivity index (χ4v) is 1.89. The lowest BCUT2D eigenvalue weighted by Gasteiger charge is -2.11. The van der Waals surface area contributed by atoms with Crippen LogP contribution in [0.4, 0.5) is 11.8 Å². The van der Waals surface area contributed by atoms with Gasteiger partial charge in [0.1, 0.15) is 5.82 Å². The molecule has 1 atom stereocenters. The molecule has 0 radical (unpaired) electrons. The van der Waals surface area contributed by atoms with Crippen LogP contribution in [0.15, 0.2) is 10.7 Å². The molecule has 6 heteroatoms. The van der Waals surface area contributed by atoms with Crippen molar-refractivity contribution in [1.82, 2.24) is 9.97 Å². The zero-order valence-corrected chi connectivity index (χ0v) is 13.2. The molecule has 0 aliphatic rings. The van der Waals surface area contributed by atoms with E-state index >= 15 is 0 Å².